The predicted octanol–water partition coefficient (Wildman–Crippen LogP) is 3.01. The zero-order valence-electron chi connectivity index (χ0n) is 14.7. The first-order chi connectivity index (χ1) is 13.2. The molecule has 0 radical (unpaired) electrons. The number of benzene rings is 2. The Labute approximate surface area is 158 Å². The lowest BCUT2D eigenvalue weighted by molar-refractivity contribution is -0.148. The first kappa shape index (κ1) is 20.9. The molecule has 2 rings (SSSR count). The van der Waals surface area contributed by atoms with Gasteiger partial charge >= 0.3 is 12.1 Å². The largest absolute Gasteiger partial charge is 0.454 e. The number of halogens is 3. The van der Waals surface area contributed by atoms with Gasteiger partial charge in [-0.05, 0) is 31.2 Å². The van der Waals surface area contributed by atoms with Crippen LogP contribution in [-0.4, -0.2) is 30.4 Å². The fourth-order valence-electron chi connectivity index (χ4n) is 2.22. The van der Waals surface area contributed by atoms with E-state index in [1.165, 1.54) is 19.1 Å². The molecule has 9 heteroatoms. The Morgan fingerprint density at radius 2 is 1.61 bits per heavy atom. The predicted molar refractivity (Wildman–Crippen MR) is 94.4 cm³/mol. The number of carbonyl (C=O) groups is 3. The van der Waals surface area contributed by atoms with Crippen molar-refractivity contribution in [2.75, 3.05) is 11.9 Å². The Kier molecular flexibility index (Phi) is 6.75. The molecule has 28 heavy (non-hydrogen) atoms. The first-order valence-electron chi connectivity index (χ1n) is 8.17. The van der Waals surface area contributed by atoms with Crippen molar-refractivity contribution in [2.45, 2.75) is 19.1 Å². The number of anilines is 1. The second kappa shape index (κ2) is 9.03. The van der Waals surface area contributed by atoms with Crippen molar-refractivity contribution in [3.8, 4) is 0 Å². The highest BCUT2D eigenvalue weighted by molar-refractivity contribution is 5.97. The third kappa shape index (κ3) is 5.83. The number of ether oxygens (including phenoxy) is 1. The van der Waals surface area contributed by atoms with E-state index in [1.54, 1.807) is 30.3 Å². The topological polar surface area (TPSA) is 84.5 Å². The summed E-state index contributed by atoms with van der Waals surface area (Å²) in [5.41, 5.74) is -1.12. The zero-order valence-corrected chi connectivity index (χ0v) is 14.7. The van der Waals surface area contributed by atoms with Crippen LogP contribution in [0.25, 0.3) is 0 Å². The van der Waals surface area contributed by atoms with Crippen LogP contribution in [0, 0.1) is 0 Å². The average molecular weight is 394 g/mol. The van der Waals surface area contributed by atoms with Gasteiger partial charge in [-0.1, -0.05) is 30.3 Å². The highest BCUT2D eigenvalue weighted by atomic mass is 19.4. The van der Waals surface area contributed by atoms with E-state index in [9.17, 15) is 27.6 Å². The van der Waals surface area contributed by atoms with Gasteiger partial charge in [-0.25, -0.2) is 4.79 Å². The van der Waals surface area contributed by atoms with E-state index in [4.69, 9.17) is 4.74 Å². The summed E-state index contributed by atoms with van der Waals surface area (Å²) in [4.78, 5) is 35.7. The molecule has 0 bridgehead atoms. The monoisotopic (exact) mass is 394 g/mol. The van der Waals surface area contributed by atoms with Crippen molar-refractivity contribution in [2.24, 2.45) is 0 Å². The first-order valence-corrected chi connectivity index (χ1v) is 8.17. The molecule has 1 atom stereocenters. The van der Waals surface area contributed by atoms with Crippen molar-refractivity contribution in [3.63, 3.8) is 0 Å². The normalized spacial score (nSPS) is 12.0. The van der Waals surface area contributed by atoms with E-state index in [-0.39, 0.29) is 0 Å². The molecule has 0 spiro atoms. The van der Waals surface area contributed by atoms with E-state index in [1.807, 2.05) is 0 Å². The lowest BCUT2D eigenvalue weighted by Crippen LogP contribution is -2.40. The summed E-state index contributed by atoms with van der Waals surface area (Å²) in [5.74, 6) is -2.34. The summed E-state index contributed by atoms with van der Waals surface area (Å²) in [5, 5.41) is 4.46. The number of amides is 2. The van der Waals surface area contributed by atoms with Gasteiger partial charge < -0.3 is 15.4 Å². The fraction of sp³-hybridized carbons (Fsp3) is 0.211. The maximum atomic E-state index is 12.9. The molecule has 2 aromatic rings. The summed E-state index contributed by atoms with van der Waals surface area (Å²) in [6.07, 6.45) is -4.64. The lowest BCUT2D eigenvalue weighted by Gasteiger charge is -2.15. The van der Waals surface area contributed by atoms with Crippen LogP contribution in [0.1, 0.15) is 22.8 Å². The van der Waals surface area contributed by atoms with Gasteiger partial charge in [-0.2, -0.15) is 13.2 Å². The third-order valence-corrected chi connectivity index (χ3v) is 3.59. The summed E-state index contributed by atoms with van der Waals surface area (Å²) in [7, 11) is 0. The molecule has 0 aliphatic carbocycles. The number of para-hydroxylation sites is 1. The quantitative estimate of drug-likeness (QED) is 0.738. The van der Waals surface area contributed by atoms with Gasteiger partial charge in [0.1, 0.15) is 6.04 Å². The van der Waals surface area contributed by atoms with Gasteiger partial charge in [-0.3, -0.25) is 9.59 Å². The number of hydrogen-bond acceptors (Lipinski definition) is 4. The molecule has 148 valence electrons. The zero-order chi connectivity index (χ0) is 20.7. The van der Waals surface area contributed by atoms with E-state index in [0.717, 1.165) is 12.1 Å². The highest BCUT2D eigenvalue weighted by Crippen LogP contribution is 2.34. The maximum Gasteiger partial charge on any atom is 0.418 e. The van der Waals surface area contributed by atoms with Crippen LogP contribution in [-0.2, 0) is 20.5 Å². The van der Waals surface area contributed by atoms with Crippen molar-refractivity contribution in [3.05, 3.63) is 65.7 Å². The second-order valence-electron chi connectivity index (χ2n) is 5.76. The molecular formula is C19H17F3N2O4. The Bertz CT molecular complexity index is 854. The Balaban J connectivity index is 1.87. The van der Waals surface area contributed by atoms with Gasteiger partial charge in [0.05, 0.1) is 11.3 Å². The number of rotatable bonds is 6. The molecule has 0 fully saturated rings. The maximum absolute atomic E-state index is 12.9. The van der Waals surface area contributed by atoms with Crippen LogP contribution in [0.2, 0.25) is 0 Å². The smallest absolute Gasteiger partial charge is 0.418 e. The molecule has 2 N–H and O–H groups in total. The molecule has 0 saturated heterocycles. The Morgan fingerprint density at radius 3 is 2.25 bits per heavy atom. The number of nitrogens with one attached hydrogen (secondary N) is 2. The third-order valence-electron chi connectivity index (χ3n) is 3.59. The summed E-state index contributed by atoms with van der Waals surface area (Å²) >= 11 is 0. The fourth-order valence-corrected chi connectivity index (χ4v) is 2.22. The second-order valence-corrected chi connectivity index (χ2v) is 5.76. The number of carbonyl (C=O) groups excluding carboxylic acids is 3. The minimum Gasteiger partial charge on any atom is -0.454 e. The summed E-state index contributed by atoms with van der Waals surface area (Å²) in [6, 6.07) is 11.5. The van der Waals surface area contributed by atoms with Gasteiger partial charge in [0.15, 0.2) is 6.61 Å². The van der Waals surface area contributed by atoms with E-state index in [2.05, 4.69) is 10.6 Å². The van der Waals surface area contributed by atoms with E-state index in [0.29, 0.717) is 5.56 Å². The Morgan fingerprint density at radius 1 is 1.00 bits per heavy atom. The molecule has 0 aliphatic rings. The Hall–Kier alpha value is -3.36. The number of esters is 1. The van der Waals surface area contributed by atoms with E-state index < -0.39 is 47.9 Å². The van der Waals surface area contributed by atoms with Crippen molar-refractivity contribution >= 4 is 23.5 Å². The van der Waals surface area contributed by atoms with Crippen LogP contribution in [0.5, 0.6) is 0 Å². The minimum atomic E-state index is -4.64. The van der Waals surface area contributed by atoms with Crippen LogP contribution >= 0.6 is 0 Å². The van der Waals surface area contributed by atoms with E-state index >= 15 is 0 Å². The molecule has 0 aliphatic heterocycles. The summed E-state index contributed by atoms with van der Waals surface area (Å²) in [6.45, 7) is 0.566. The SMILES string of the molecule is C[C@H](NC(=O)c1ccccc1)C(=O)OCC(=O)Nc1ccccc1C(F)(F)F. The van der Waals surface area contributed by atoms with Crippen LogP contribution in [0.4, 0.5) is 18.9 Å². The molecule has 2 amide bonds. The van der Waals surface area contributed by atoms with Crippen LogP contribution in [0.15, 0.2) is 54.6 Å². The van der Waals surface area contributed by atoms with Crippen molar-refractivity contribution < 1.29 is 32.3 Å². The number of alkyl halides is 3. The summed E-state index contributed by atoms with van der Waals surface area (Å²) < 4.78 is 43.5. The van der Waals surface area contributed by atoms with Crippen molar-refractivity contribution in [1.29, 1.82) is 0 Å². The van der Waals surface area contributed by atoms with Crippen molar-refractivity contribution in [1.82, 2.24) is 5.32 Å². The molecule has 0 unspecified atom stereocenters. The molecule has 2 aromatic carbocycles. The molecular weight excluding hydrogens is 377 g/mol. The van der Waals surface area contributed by atoms with Crippen LogP contribution < -0.4 is 10.6 Å². The highest BCUT2D eigenvalue weighted by Gasteiger charge is 2.33. The van der Waals surface area contributed by atoms with Gasteiger partial charge in [0.25, 0.3) is 11.8 Å². The molecule has 6 nitrogen and oxygen atoms in total. The lowest BCUT2D eigenvalue weighted by atomic mass is 10.1. The average Bonchev–Trinajstić information content (AvgIpc) is 2.66. The minimum absolute atomic E-state index is 0.337. The molecule has 0 saturated carbocycles. The van der Waals surface area contributed by atoms with Crippen LogP contribution in [0.3, 0.4) is 0 Å². The molecule has 0 heterocycles. The van der Waals surface area contributed by atoms with Gasteiger partial charge in [0.2, 0.25) is 0 Å². The number of hydrogen-bond donors (Lipinski definition) is 2. The van der Waals surface area contributed by atoms with Gasteiger partial charge in [-0.15, -0.1) is 0 Å². The molecule has 0 aromatic heterocycles. The standard InChI is InChI=1S/C19H17F3N2O4/c1-12(23-17(26)13-7-3-2-4-8-13)18(27)28-11-16(25)24-15-10-6-5-9-14(15)19(20,21)22/h2-10,12H,11H2,1H3,(H,23,26)(H,24,25)/t12-/m0/s1. The van der Waals surface area contributed by atoms with Gasteiger partial charge in [0, 0.05) is 5.56 Å².